The van der Waals surface area contributed by atoms with Crippen molar-refractivity contribution in [2.75, 3.05) is 7.11 Å². The molecule has 1 N–H and O–H groups in total. The zero-order chi connectivity index (χ0) is 12.1. The minimum atomic E-state index is -0.852. The van der Waals surface area contributed by atoms with Gasteiger partial charge in [0.1, 0.15) is 0 Å². The van der Waals surface area contributed by atoms with Gasteiger partial charge in [0, 0.05) is 12.7 Å². The Morgan fingerprint density at radius 1 is 1.00 bits per heavy atom. The van der Waals surface area contributed by atoms with Gasteiger partial charge in [-0.2, -0.15) is 0 Å². The first-order valence-electron chi connectivity index (χ1n) is 5.64. The average molecular weight is 228 g/mol. The third kappa shape index (κ3) is 2.93. The van der Waals surface area contributed by atoms with Crippen LogP contribution in [0, 0.1) is 0 Å². The van der Waals surface area contributed by atoms with Gasteiger partial charge in [0.15, 0.2) is 6.29 Å². The number of benzene rings is 2. The van der Waals surface area contributed by atoms with Gasteiger partial charge in [0.2, 0.25) is 0 Å². The molecule has 0 spiro atoms. The minimum absolute atomic E-state index is 0.803. The van der Waals surface area contributed by atoms with Crippen LogP contribution < -0.4 is 0 Å². The smallest absolute Gasteiger partial charge is 0.181 e. The van der Waals surface area contributed by atoms with Crippen molar-refractivity contribution in [3.8, 4) is 0 Å². The summed E-state index contributed by atoms with van der Waals surface area (Å²) in [6.07, 6.45) is -0.0489. The van der Waals surface area contributed by atoms with Crippen LogP contribution >= 0.6 is 0 Å². The minimum Gasteiger partial charge on any atom is -0.364 e. The molecule has 2 nitrogen and oxygen atoms in total. The first-order chi connectivity index (χ1) is 8.31. The molecule has 1 unspecified atom stereocenters. The number of hydrogen-bond donors (Lipinski definition) is 1. The Morgan fingerprint density at radius 2 is 1.65 bits per heavy atom. The van der Waals surface area contributed by atoms with Gasteiger partial charge >= 0.3 is 0 Å². The summed E-state index contributed by atoms with van der Waals surface area (Å²) in [6.45, 7) is 0. The van der Waals surface area contributed by atoms with Crippen LogP contribution in [0.1, 0.15) is 23.0 Å². The van der Waals surface area contributed by atoms with E-state index in [2.05, 4.69) is 12.1 Å². The van der Waals surface area contributed by atoms with Gasteiger partial charge in [-0.05, 0) is 17.5 Å². The standard InChI is InChI=1S/C15H16O2/c1-17-15(16)14-10-6-5-9-13(14)11-12-7-3-2-4-8-12/h2-10,15-16H,11H2,1H3. The van der Waals surface area contributed by atoms with Crippen molar-refractivity contribution < 1.29 is 9.84 Å². The SMILES string of the molecule is COC(O)c1ccccc1Cc1ccccc1. The Morgan fingerprint density at radius 3 is 2.35 bits per heavy atom. The van der Waals surface area contributed by atoms with Gasteiger partial charge in [0.25, 0.3) is 0 Å². The van der Waals surface area contributed by atoms with Gasteiger partial charge in [-0.1, -0.05) is 54.6 Å². The monoisotopic (exact) mass is 228 g/mol. The zero-order valence-electron chi connectivity index (χ0n) is 9.84. The van der Waals surface area contributed by atoms with E-state index in [-0.39, 0.29) is 0 Å². The molecule has 0 bridgehead atoms. The maximum atomic E-state index is 9.77. The zero-order valence-corrected chi connectivity index (χ0v) is 9.84. The van der Waals surface area contributed by atoms with Crippen molar-refractivity contribution in [1.29, 1.82) is 0 Å². The Balaban J connectivity index is 2.27. The average Bonchev–Trinajstić information content (AvgIpc) is 2.40. The molecule has 0 aromatic heterocycles. The fourth-order valence-corrected chi connectivity index (χ4v) is 1.88. The molecular formula is C15H16O2. The molecule has 0 radical (unpaired) electrons. The highest BCUT2D eigenvalue weighted by Gasteiger charge is 2.10. The second-order valence-electron chi connectivity index (χ2n) is 3.95. The Labute approximate surface area is 101 Å². The van der Waals surface area contributed by atoms with Crippen LogP contribution in [0.5, 0.6) is 0 Å². The van der Waals surface area contributed by atoms with E-state index in [0.29, 0.717) is 0 Å². The third-order valence-corrected chi connectivity index (χ3v) is 2.78. The molecule has 0 aliphatic carbocycles. The number of ether oxygens (including phenoxy) is 1. The van der Waals surface area contributed by atoms with E-state index in [0.717, 1.165) is 17.5 Å². The van der Waals surface area contributed by atoms with E-state index in [1.165, 1.54) is 12.7 Å². The topological polar surface area (TPSA) is 29.5 Å². The van der Waals surface area contributed by atoms with Crippen molar-refractivity contribution in [3.05, 3.63) is 71.3 Å². The molecule has 17 heavy (non-hydrogen) atoms. The highest BCUT2D eigenvalue weighted by molar-refractivity contribution is 5.33. The van der Waals surface area contributed by atoms with E-state index in [1.807, 2.05) is 42.5 Å². The Bertz CT molecular complexity index is 465. The van der Waals surface area contributed by atoms with Crippen molar-refractivity contribution in [3.63, 3.8) is 0 Å². The summed E-state index contributed by atoms with van der Waals surface area (Å²) in [6, 6.07) is 18.0. The van der Waals surface area contributed by atoms with E-state index in [4.69, 9.17) is 4.74 Å². The Kier molecular flexibility index (Phi) is 3.91. The number of rotatable bonds is 4. The van der Waals surface area contributed by atoms with Crippen molar-refractivity contribution >= 4 is 0 Å². The van der Waals surface area contributed by atoms with Crippen molar-refractivity contribution in [1.82, 2.24) is 0 Å². The number of aliphatic hydroxyl groups is 1. The lowest BCUT2D eigenvalue weighted by atomic mass is 9.99. The Hall–Kier alpha value is -1.64. The first kappa shape index (κ1) is 11.8. The predicted octanol–water partition coefficient (Wildman–Crippen LogP) is 2.91. The molecule has 0 amide bonds. The highest BCUT2D eigenvalue weighted by Crippen LogP contribution is 2.21. The van der Waals surface area contributed by atoms with Crippen LogP contribution in [0.3, 0.4) is 0 Å². The number of aliphatic hydroxyl groups excluding tert-OH is 1. The van der Waals surface area contributed by atoms with Crippen molar-refractivity contribution in [2.24, 2.45) is 0 Å². The van der Waals surface area contributed by atoms with Crippen LogP contribution in [-0.4, -0.2) is 12.2 Å². The molecular weight excluding hydrogens is 212 g/mol. The van der Waals surface area contributed by atoms with E-state index < -0.39 is 6.29 Å². The summed E-state index contributed by atoms with van der Waals surface area (Å²) in [7, 11) is 1.50. The third-order valence-electron chi connectivity index (χ3n) is 2.78. The highest BCUT2D eigenvalue weighted by atomic mass is 16.6. The lowest BCUT2D eigenvalue weighted by Gasteiger charge is -2.14. The van der Waals surface area contributed by atoms with Gasteiger partial charge in [-0.15, -0.1) is 0 Å². The number of hydrogen-bond acceptors (Lipinski definition) is 2. The molecule has 2 aromatic rings. The van der Waals surface area contributed by atoms with Gasteiger partial charge in [-0.25, -0.2) is 0 Å². The van der Waals surface area contributed by atoms with Crippen molar-refractivity contribution in [2.45, 2.75) is 12.7 Å². The summed E-state index contributed by atoms with van der Waals surface area (Å²) < 4.78 is 4.97. The molecule has 2 aromatic carbocycles. The molecule has 0 fully saturated rings. The molecule has 2 heteroatoms. The van der Waals surface area contributed by atoms with Crippen LogP contribution in [0.25, 0.3) is 0 Å². The molecule has 0 aliphatic rings. The van der Waals surface area contributed by atoms with E-state index >= 15 is 0 Å². The second-order valence-corrected chi connectivity index (χ2v) is 3.95. The van der Waals surface area contributed by atoms with Gasteiger partial charge in [-0.3, -0.25) is 0 Å². The molecule has 0 aliphatic heterocycles. The molecule has 0 heterocycles. The summed E-state index contributed by atoms with van der Waals surface area (Å²) in [4.78, 5) is 0. The van der Waals surface area contributed by atoms with Crippen LogP contribution in [0.4, 0.5) is 0 Å². The molecule has 0 saturated heterocycles. The summed E-state index contributed by atoms with van der Waals surface area (Å²) >= 11 is 0. The molecule has 2 rings (SSSR count). The second kappa shape index (κ2) is 5.62. The largest absolute Gasteiger partial charge is 0.364 e. The van der Waals surface area contributed by atoms with E-state index in [9.17, 15) is 5.11 Å². The predicted molar refractivity (Wildman–Crippen MR) is 67.7 cm³/mol. The van der Waals surface area contributed by atoms with Gasteiger partial charge in [0.05, 0.1) is 0 Å². The first-order valence-corrected chi connectivity index (χ1v) is 5.64. The maximum Gasteiger partial charge on any atom is 0.181 e. The van der Waals surface area contributed by atoms with Crippen LogP contribution in [-0.2, 0) is 11.2 Å². The van der Waals surface area contributed by atoms with E-state index in [1.54, 1.807) is 0 Å². The fraction of sp³-hybridized carbons (Fsp3) is 0.200. The number of methoxy groups -OCH3 is 1. The van der Waals surface area contributed by atoms with Crippen LogP contribution in [0.2, 0.25) is 0 Å². The fourth-order valence-electron chi connectivity index (χ4n) is 1.88. The summed E-state index contributed by atoms with van der Waals surface area (Å²) in [5, 5.41) is 9.77. The van der Waals surface area contributed by atoms with Gasteiger partial charge < -0.3 is 9.84 Å². The quantitative estimate of drug-likeness (QED) is 0.815. The lowest BCUT2D eigenvalue weighted by molar-refractivity contribution is -0.0774. The lowest BCUT2D eigenvalue weighted by Crippen LogP contribution is -2.04. The summed E-state index contributed by atoms with van der Waals surface area (Å²) in [5.74, 6) is 0. The molecule has 88 valence electrons. The maximum absolute atomic E-state index is 9.77. The molecule has 1 atom stereocenters. The molecule has 0 saturated carbocycles. The van der Waals surface area contributed by atoms with Crippen LogP contribution in [0.15, 0.2) is 54.6 Å². The summed E-state index contributed by atoms with van der Waals surface area (Å²) in [5.41, 5.74) is 3.15. The normalized spacial score (nSPS) is 12.4.